The fraction of sp³-hybridized carbons (Fsp3) is 0.875. The van der Waals surface area contributed by atoms with Crippen LogP contribution in [-0.4, -0.2) is 34.8 Å². The molecule has 0 aliphatic heterocycles. The summed E-state index contributed by atoms with van der Waals surface area (Å²) in [5.74, 6) is -0.934. The van der Waals surface area contributed by atoms with Crippen LogP contribution >= 0.6 is 0 Å². The fourth-order valence-electron chi connectivity index (χ4n) is 2.37. The Morgan fingerprint density at radius 2 is 1.23 bits per heavy atom. The smallest absolute Gasteiger partial charge is 0.332 e. The van der Waals surface area contributed by atoms with E-state index in [1.54, 1.807) is 0 Å². The molecule has 22 heavy (non-hydrogen) atoms. The van der Waals surface area contributed by atoms with Gasteiger partial charge in [-0.3, -0.25) is 4.99 Å². The average molecular weight is 315 g/mol. The van der Waals surface area contributed by atoms with Gasteiger partial charge in [0.2, 0.25) is 0 Å². The van der Waals surface area contributed by atoms with Gasteiger partial charge in [-0.25, -0.2) is 4.79 Å². The Balaban J connectivity index is 3.12. The molecule has 0 rings (SSSR count). The van der Waals surface area contributed by atoms with Crippen molar-refractivity contribution in [3.8, 4) is 0 Å². The molecule has 1 atom stereocenters. The Morgan fingerprint density at radius 1 is 0.818 bits per heavy atom. The zero-order valence-electron chi connectivity index (χ0n) is 13.7. The number of nitrogens with zero attached hydrogens (tertiary/aromatic N) is 1. The summed E-state index contributed by atoms with van der Waals surface area (Å²) in [5, 5.41) is 17.6. The van der Waals surface area contributed by atoms with E-state index in [4.69, 9.17) is 21.7 Å². The molecule has 0 aliphatic rings. The molecule has 0 aromatic heterocycles. The molecule has 0 saturated carbocycles. The zero-order valence-corrected chi connectivity index (χ0v) is 13.7. The van der Waals surface area contributed by atoms with Gasteiger partial charge in [-0.2, -0.15) is 0 Å². The van der Waals surface area contributed by atoms with Gasteiger partial charge in [0, 0.05) is 6.54 Å². The Morgan fingerprint density at radius 3 is 1.64 bits per heavy atom. The number of guanidine groups is 1. The van der Waals surface area contributed by atoms with Gasteiger partial charge in [0.25, 0.3) is 0 Å². The normalized spacial score (nSPS) is 12.0. The number of nitrogens with two attached hydrogens (primary N) is 2. The maximum absolute atomic E-state index is 10.4. The SMILES string of the molecule is NC(N)=NCCCCCCCCCCCCCC(O)C(=O)O. The highest BCUT2D eigenvalue weighted by Gasteiger charge is 2.11. The number of aliphatic imine (C=N–C) groups is 1. The number of hydrogen-bond donors (Lipinski definition) is 4. The number of aliphatic carboxylic acids is 1. The number of hydrogen-bond acceptors (Lipinski definition) is 3. The molecule has 6 N–H and O–H groups in total. The van der Waals surface area contributed by atoms with Gasteiger partial charge in [0.15, 0.2) is 12.1 Å². The molecule has 0 heterocycles. The molecule has 0 radical (unpaired) electrons. The third-order valence-electron chi connectivity index (χ3n) is 3.72. The van der Waals surface area contributed by atoms with E-state index in [0.717, 1.165) is 32.2 Å². The summed E-state index contributed by atoms with van der Waals surface area (Å²) >= 11 is 0. The van der Waals surface area contributed by atoms with Gasteiger partial charge >= 0.3 is 5.97 Å². The average Bonchev–Trinajstić information content (AvgIpc) is 2.46. The predicted octanol–water partition coefficient (Wildman–Crippen LogP) is 2.39. The van der Waals surface area contributed by atoms with E-state index >= 15 is 0 Å². The monoisotopic (exact) mass is 315 g/mol. The molecular weight excluding hydrogens is 282 g/mol. The van der Waals surface area contributed by atoms with Crippen molar-refractivity contribution < 1.29 is 15.0 Å². The summed E-state index contributed by atoms with van der Waals surface area (Å²) in [6.45, 7) is 0.735. The van der Waals surface area contributed by atoms with Crippen LogP contribution in [0.5, 0.6) is 0 Å². The van der Waals surface area contributed by atoms with Gasteiger partial charge < -0.3 is 21.7 Å². The molecule has 1 unspecified atom stereocenters. The van der Waals surface area contributed by atoms with Crippen molar-refractivity contribution >= 4 is 11.9 Å². The number of unbranched alkanes of at least 4 members (excludes halogenated alkanes) is 10. The van der Waals surface area contributed by atoms with Crippen molar-refractivity contribution in [3.05, 3.63) is 0 Å². The summed E-state index contributed by atoms with van der Waals surface area (Å²) in [5.41, 5.74) is 10.5. The minimum Gasteiger partial charge on any atom is -0.479 e. The van der Waals surface area contributed by atoms with Crippen LogP contribution in [0.2, 0.25) is 0 Å². The van der Waals surface area contributed by atoms with Crippen LogP contribution in [0.1, 0.15) is 77.0 Å². The minimum atomic E-state index is -1.19. The predicted molar refractivity (Wildman–Crippen MR) is 89.7 cm³/mol. The van der Waals surface area contributed by atoms with E-state index in [1.165, 1.54) is 44.9 Å². The zero-order chi connectivity index (χ0) is 16.6. The largest absolute Gasteiger partial charge is 0.479 e. The van der Waals surface area contributed by atoms with E-state index in [9.17, 15) is 4.79 Å². The van der Waals surface area contributed by atoms with Crippen molar-refractivity contribution in [1.29, 1.82) is 0 Å². The lowest BCUT2D eigenvalue weighted by atomic mass is 10.0. The first-order chi connectivity index (χ1) is 10.5. The first-order valence-electron chi connectivity index (χ1n) is 8.50. The van der Waals surface area contributed by atoms with Gasteiger partial charge in [-0.15, -0.1) is 0 Å². The van der Waals surface area contributed by atoms with E-state index < -0.39 is 12.1 Å². The number of aliphatic hydroxyl groups excluding tert-OH is 1. The number of rotatable bonds is 15. The summed E-state index contributed by atoms with van der Waals surface area (Å²) < 4.78 is 0. The number of carbonyl (C=O) groups is 1. The first-order valence-corrected chi connectivity index (χ1v) is 8.50. The Labute approximate surface area is 134 Å². The van der Waals surface area contributed by atoms with Crippen molar-refractivity contribution in [2.24, 2.45) is 16.5 Å². The second-order valence-electron chi connectivity index (χ2n) is 5.84. The van der Waals surface area contributed by atoms with Gasteiger partial charge in [-0.1, -0.05) is 64.2 Å². The Bertz CT molecular complexity index is 305. The molecule has 6 nitrogen and oxygen atoms in total. The quantitative estimate of drug-likeness (QED) is 0.210. The van der Waals surface area contributed by atoms with Crippen molar-refractivity contribution in [1.82, 2.24) is 0 Å². The van der Waals surface area contributed by atoms with Crippen molar-refractivity contribution in [3.63, 3.8) is 0 Å². The van der Waals surface area contributed by atoms with Crippen LogP contribution in [0.3, 0.4) is 0 Å². The highest BCUT2D eigenvalue weighted by Crippen LogP contribution is 2.12. The van der Waals surface area contributed by atoms with Gasteiger partial charge in [0.05, 0.1) is 0 Å². The third kappa shape index (κ3) is 15.1. The van der Waals surface area contributed by atoms with Crippen LogP contribution in [-0.2, 0) is 4.79 Å². The molecular formula is C16H33N3O3. The molecule has 0 aliphatic carbocycles. The number of carboxylic acids is 1. The lowest BCUT2D eigenvalue weighted by Gasteiger charge is -2.05. The van der Waals surface area contributed by atoms with Crippen LogP contribution in [0.4, 0.5) is 0 Å². The second-order valence-corrected chi connectivity index (χ2v) is 5.84. The maximum atomic E-state index is 10.4. The van der Waals surface area contributed by atoms with Crippen molar-refractivity contribution in [2.75, 3.05) is 6.54 Å². The second kappa shape index (κ2) is 14.6. The maximum Gasteiger partial charge on any atom is 0.332 e. The number of carboxylic acid groups (broad SMARTS) is 1. The molecule has 6 heteroatoms. The summed E-state index contributed by atoms with van der Waals surface area (Å²) in [7, 11) is 0. The molecule has 130 valence electrons. The molecule has 0 fully saturated rings. The topological polar surface area (TPSA) is 122 Å². The standard InChI is InChI=1S/C16H33N3O3/c17-16(18)19-13-11-9-7-5-3-1-2-4-6-8-10-12-14(20)15(21)22/h14,20H,1-13H2,(H,21,22)(H4,17,18,19). The molecule has 0 amide bonds. The van der Waals surface area contributed by atoms with Gasteiger partial charge in [0.1, 0.15) is 0 Å². The molecule has 0 saturated heterocycles. The summed E-state index contributed by atoms with van der Waals surface area (Å²) in [6, 6.07) is 0. The van der Waals surface area contributed by atoms with Crippen LogP contribution in [0.15, 0.2) is 4.99 Å². The lowest BCUT2D eigenvalue weighted by Crippen LogP contribution is -2.22. The van der Waals surface area contributed by atoms with E-state index in [1.807, 2.05) is 0 Å². The Hall–Kier alpha value is -1.30. The van der Waals surface area contributed by atoms with Crippen LogP contribution < -0.4 is 11.5 Å². The van der Waals surface area contributed by atoms with E-state index in [2.05, 4.69) is 4.99 Å². The number of aliphatic hydroxyl groups is 1. The van der Waals surface area contributed by atoms with Crippen LogP contribution in [0.25, 0.3) is 0 Å². The van der Waals surface area contributed by atoms with Crippen LogP contribution in [0, 0.1) is 0 Å². The summed E-state index contributed by atoms with van der Waals surface area (Å²) in [4.78, 5) is 14.4. The highest BCUT2D eigenvalue weighted by molar-refractivity contribution is 5.75. The molecule has 0 spiro atoms. The molecule has 0 bridgehead atoms. The molecule has 0 aromatic carbocycles. The van der Waals surface area contributed by atoms with E-state index in [-0.39, 0.29) is 5.96 Å². The molecule has 0 aromatic rings. The first kappa shape index (κ1) is 20.7. The lowest BCUT2D eigenvalue weighted by molar-refractivity contribution is -0.146. The third-order valence-corrected chi connectivity index (χ3v) is 3.72. The Kier molecular flexibility index (Phi) is 13.8. The van der Waals surface area contributed by atoms with Gasteiger partial charge in [-0.05, 0) is 12.8 Å². The van der Waals surface area contributed by atoms with E-state index in [0.29, 0.717) is 6.42 Å². The highest BCUT2D eigenvalue weighted by atomic mass is 16.4. The fourth-order valence-corrected chi connectivity index (χ4v) is 2.37. The summed E-state index contributed by atoms with van der Waals surface area (Å²) in [6.07, 6.45) is 11.9. The minimum absolute atomic E-state index is 0.178. The van der Waals surface area contributed by atoms with Crippen molar-refractivity contribution in [2.45, 2.75) is 83.2 Å².